The predicted molar refractivity (Wildman–Crippen MR) is 141 cm³/mol. The van der Waals surface area contributed by atoms with Gasteiger partial charge in [-0.15, -0.1) is 0 Å². The van der Waals surface area contributed by atoms with E-state index < -0.39 is 11.6 Å². The molecule has 2 aromatic heterocycles. The van der Waals surface area contributed by atoms with E-state index in [1.165, 1.54) is 0 Å². The number of nitrogens with zero attached hydrogens (tertiary/aromatic N) is 4. The number of esters is 1. The van der Waals surface area contributed by atoms with Crippen molar-refractivity contribution in [2.24, 2.45) is 5.73 Å². The largest absolute Gasteiger partial charge is 0.458 e. The molecule has 0 saturated carbocycles. The van der Waals surface area contributed by atoms with Crippen molar-refractivity contribution in [2.45, 2.75) is 38.6 Å². The second-order valence-corrected chi connectivity index (χ2v) is 10.6. The van der Waals surface area contributed by atoms with Gasteiger partial charge in [0.2, 0.25) is 6.79 Å². The summed E-state index contributed by atoms with van der Waals surface area (Å²) in [4.78, 5) is 36.1. The van der Waals surface area contributed by atoms with Gasteiger partial charge in [0.05, 0.1) is 29.0 Å². The lowest BCUT2D eigenvalue weighted by Gasteiger charge is -2.35. The third-order valence-electron chi connectivity index (χ3n) is 8.59. The number of fused-ring (bicyclic) bond motifs is 6. The summed E-state index contributed by atoms with van der Waals surface area (Å²) in [6.45, 7) is 8.03. The van der Waals surface area contributed by atoms with Crippen LogP contribution < -0.4 is 20.8 Å². The first kappa shape index (κ1) is 24.5. The molecule has 1 saturated heterocycles. The monoisotopic (exact) mass is 533 g/mol. The zero-order valence-electron chi connectivity index (χ0n) is 21.9. The van der Waals surface area contributed by atoms with Gasteiger partial charge in [0.25, 0.3) is 5.56 Å². The van der Waals surface area contributed by atoms with Crippen LogP contribution in [0.2, 0.25) is 0 Å². The Morgan fingerprint density at radius 3 is 2.51 bits per heavy atom. The molecule has 39 heavy (non-hydrogen) atoms. The molecule has 1 fully saturated rings. The van der Waals surface area contributed by atoms with Crippen LogP contribution >= 0.6 is 0 Å². The summed E-state index contributed by atoms with van der Waals surface area (Å²) in [5.74, 6) is 0.596. The van der Waals surface area contributed by atoms with Gasteiger partial charge in [-0.05, 0) is 24.1 Å². The van der Waals surface area contributed by atoms with E-state index in [2.05, 4.69) is 9.80 Å². The van der Waals surface area contributed by atoms with Gasteiger partial charge in [0, 0.05) is 68.4 Å². The number of rotatable bonds is 5. The van der Waals surface area contributed by atoms with Gasteiger partial charge in [-0.25, -0.2) is 9.78 Å². The van der Waals surface area contributed by atoms with Crippen molar-refractivity contribution in [3.63, 3.8) is 0 Å². The smallest absolute Gasteiger partial charge is 0.343 e. The second kappa shape index (κ2) is 9.02. The van der Waals surface area contributed by atoms with Crippen LogP contribution in [-0.4, -0.2) is 76.5 Å². The summed E-state index contributed by atoms with van der Waals surface area (Å²) >= 11 is 0. The van der Waals surface area contributed by atoms with Gasteiger partial charge in [-0.3, -0.25) is 14.6 Å². The Labute approximate surface area is 224 Å². The molecule has 1 atom stereocenters. The maximum atomic E-state index is 13.7. The van der Waals surface area contributed by atoms with Gasteiger partial charge in [-0.2, -0.15) is 0 Å². The molecular formula is C28H31N5O6. The van der Waals surface area contributed by atoms with Crippen LogP contribution in [0.4, 0.5) is 0 Å². The van der Waals surface area contributed by atoms with Crippen molar-refractivity contribution in [1.29, 1.82) is 0 Å². The van der Waals surface area contributed by atoms with Crippen molar-refractivity contribution >= 4 is 16.9 Å². The Morgan fingerprint density at radius 1 is 1.03 bits per heavy atom. The lowest BCUT2D eigenvalue weighted by molar-refractivity contribution is -0.172. The molecule has 1 aromatic carbocycles. The molecule has 0 bridgehead atoms. The van der Waals surface area contributed by atoms with E-state index in [0.717, 1.165) is 54.8 Å². The summed E-state index contributed by atoms with van der Waals surface area (Å²) in [7, 11) is 0. The molecule has 204 valence electrons. The minimum absolute atomic E-state index is 0.102. The Balaban J connectivity index is 1.38. The van der Waals surface area contributed by atoms with Gasteiger partial charge in [0.1, 0.15) is 6.61 Å². The fourth-order valence-electron chi connectivity index (χ4n) is 6.31. The molecule has 0 spiro atoms. The first-order chi connectivity index (χ1) is 18.9. The average Bonchev–Trinajstić information content (AvgIpc) is 3.55. The molecule has 0 aliphatic carbocycles. The van der Waals surface area contributed by atoms with Crippen LogP contribution in [0.5, 0.6) is 11.5 Å². The number of benzene rings is 1. The molecule has 0 amide bonds. The van der Waals surface area contributed by atoms with Crippen molar-refractivity contribution in [3.8, 4) is 22.9 Å². The number of carbonyl (C=O) groups excluding carboxylic acids is 1. The summed E-state index contributed by atoms with van der Waals surface area (Å²) in [6.07, 6.45) is 0.102. The lowest BCUT2D eigenvalue weighted by Crippen LogP contribution is -2.47. The summed E-state index contributed by atoms with van der Waals surface area (Å²) in [5.41, 5.74) is 8.38. The van der Waals surface area contributed by atoms with E-state index in [1.807, 2.05) is 12.1 Å². The number of piperazine rings is 1. The van der Waals surface area contributed by atoms with E-state index in [-0.39, 0.29) is 25.4 Å². The number of ether oxygens (including phenoxy) is 3. The standard InChI is InChI=1S/C28H31N5O6/c1-2-28(36)20-10-22-25-18(13-33(22)26(34)19(20)14-37-27(28)35)17(12-32-7-5-31(4-3-29)6-8-32)16-9-23-24(39-15-38-23)11-21(16)30-25/h9-11,36H,2-8,12-15,29H2,1H3/t28-/m0/s1. The Hall–Kier alpha value is -3.51. The van der Waals surface area contributed by atoms with Crippen LogP contribution in [0.15, 0.2) is 23.0 Å². The summed E-state index contributed by atoms with van der Waals surface area (Å²) < 4.78 is 18.2. The highest BCUT2D eigenvalue weighted by molar-refractivity contribution is 5.91. The van der Waals surface area contributed by atoms with Crippen LogP contribution in [0, 0.1) is 0 Å². The van der Waals surface area contributed by atoms with Gasteiger partial charge < -0.3 is 29.6 Å². The van der Waals surface area contributed by atoms with Crippen LogP contribution in [0.1, 0.15) is 35.6 Å². The topological polar surface area (TPSA) is 132 Å². The zero-order valence-corrected chi connectivity index (χ0v) is 21.9. The quantitative estimate of drug-likeness (QED) is 0.356. The third kappa shape index (κ3) is 3.68. The molecule has 0 unspecified atom stereocenters. The minimum Gasteiger partial charge on any atom is -0.458 e. The average molecular weight is 534 g/mol. The van der Waals surface area contributed by atoms with E-state index in [0.29, 0.717) is 53.6 Å². The van der Waals surface area contributed by atoms with Gasteiger partial charge >= 0.3 is 5.97 Å². The normalized spacial score (nSPS) is 22.1. The summed E-state index contributed by atoms with van der Waals surface area (Å²) in [6, 6.07) is 5.64. The SMILES string of the molecule is CC[C@@]1(O)C(=O)OCc2c1cc1n(c2=O)Cc2c-1nc1cc3c(cc1c2CN1CCN(CCN)CC1)OCO3. The molecule has 4 aliphatic heterocycles. The molecule has 11 nitrogen and oxygen atoms in total. The first-order valence-electron chi connectivity index (χ1n) is 13.5. The molecule has 3 N–H and O–H groups in total. The Morgan fingerprint density at radius 2 is 1.77 bits per heavy atom. The number of aliphatic hydroxyl groups is 1. The summed E-state index contributed by atoms with van der Waals surface area (Å²) in [5, 5.41) is 12.2. The number of hydrogen-bond acceptors (Lipinski definition) is 10. The molecule has 11 heteroatoms. The van der Waals surface area contributed by atoms with E-state index >= 15 is 0 Å². The number of pyridine rings is 2. The molecule has 3 aromatic rings. The predicted octanol–water partition coefficient (Wildman–Crippen LogP) is 0.885. The fraction of sp³-hybridized carbons (Fsp3) is 0.464. The number of aromatic nitrogens is 2. The molecule has 6 heterocycles. The van der Waals surface area contributed by atoms with E-state index in [1.54, 1.807) is 17.6 Å². The maximum absolute atomic E-state index is 13.7. The highest BCUT2D eigenvalue weighted by atomic mass is 16.7. The molecular weight excluding hydrogens is 502 g/mol. The van der Waals surface area contributed by atoms with Crippen molar-refractivity contribution < 1.29 is 24.1 Å². The third-order valence-corrected chi connectivity index (χ3v) is 8.59. The van der Waals surface area contributed by atoms with Gasteiger partial charge in [0.15, 0.2) is 17.1 Å². The van der Waals surface area contributed by atoms with Crippen molar-refractivity contribution in [3.05, 3.63) is 50.8 Å². The van der Waals surface area contributed by atoms with Crippen molar-refractivity contribution in [2.75, 3.05) is 46.1 Å². The number of cyclic esters (lactones) is 1. The number of carbonyl (C=O) groups is 1. The highest BCUT2D eigenvalue weighted by Gasteiger charge is 2.45. The highest BCUT2D eigenvalue weighted by Crippen LogP contribution is 2.43. The number of hydrogen-bond donors (Lipinski definition) is 2. The Kier molecular flexibility index (Phi) is 5.67. The van der Waals surface area contributed by atoms with E-state index in [9.17, 15) is 14.7 Å². The van der Waals surface area contributed by atoms with Crippen LogP contribution in [0.3, 0.4) is 0 Å². The number of nitrogens with two attached hydrogens (primary N) is 1. The fourth-order valence-corrected chi connectivity index (χ4v) is 6.31. The lowest BCUT2D eigenvalue weighted by atomic mass is 9.86. The maximum Gasteiger partial charge on any atom is 0.343 e. The zero-order chi connectivity index (χ0) is 26.9. The first-order valence-corrected chi connectivity index (χ1v) is 13.5. The second-order valence-electron chi connectivity index (χ2n) is 10.6. The van der Waals surface area contributed by atoms with Gasteiger partial charge in [-0.1, -0.05) is 6.92 Å². The van der Waals surface area contributed by atoms with Crippen LogP contribution in [-0.2, 0) is 34.8 Å². The van der Waals surface area contributed by atoms with Crippen molar-refractivity contribution in [1.82, 2.24) is 19.4 Å². The molecule has 4 aliphatic rings. The minimum atomic E-state index is -1.86. The van der Waals surface area contributed by atoms with Crippen LogP contribution in [0.25, 0.3) is 22.3 Å². The molecule has 0 radical (unpaired) electrons. The molecule has 7 rings (SSSR count). The Bertz CT molecular complexity index is 1580. The van der Waals surface area contributed by atoms with E-state index in [4.69, 9.17) is 24.9 Å².